The predicted molar refractivity (Wildman–Crippen MR) is 43.5 cm³/mol. The minimum atomic E-state index is 0.828. The molecular weight excluding hydrogens is 124 g/mol. The third-order valence-corrected chi connectivity index (χ3v) is 1.81. The fraction of sp³-hybridized carbons (Fsp3) is 0.875. The van der Waals surface area contributed by atoms with Crippen molar-refractivity contribution in [2.75, 3.05) is 19.6 Å². The molecule has 0 unspecified atom stereocenters. The van der Waals surface area contributed by atoms with Gasteiger partial charge in [-0.2, -0.15) is 0 Å². The van der Waals surface area contributed by atoms with E-state index in [1.54, 1.807) is 0 Å². The molecule has 1 N–H and O–H groups in total. The summed E-state index contributed by atoms with van der Waals surface area (Å²) in [6, 6.07) is 0. The fourth-order valence-corrected chi connectivity index (χ4v) is 1.07. The number of hydrogen-bond acceptors (Lipinski definition) is 1. The van der Waals surface area contributed by atoms with Crippen LogP contribution in [0.1, 0.15) is 20.3 Å². The summed E-state index contributed by atoms with van der Waals surface area (Å²) in [7, 11) is 0. The van der Waals surface area contributed by atoms with Gasteiger partial charge in [-0.05, 0) is 12.3 Å². The largest absolute Gasteiger partial charge is 0.277 e. The van der Waals surface area contributed by atoms with E-state index >= 15 is 0 Å². The van der Waals surface area contributed by atoms with Crippen LogP contribution < -0.4 is 5.32 Å². The molecule has 2 nitrogen and oxygen atoms in total. The van der Waals surface area contributed by atoms with Gasteiger partial charge in [0.1, 0.15) is 13.1 Å². The summed E-state index contributed by atoms with van der Waals surface area (Å²) in [6.07, 6.45) is 3.40. The Morgan fingerprint density at radius 2 is 2.40 bits per heavy atom. The molecule has 0 aromatic heterocycles. The molecule has 0 atom stereocenters. The van der Waals surface area contributed by atoms with Crippen LogP contribution in [0.2, 0.25) is 0 Å². The Kier molecular flexibility index (Phi) is 2.72. The van der Waals surface area contributed by atoms with E-state index in [0.29, 0.717) is 0 Å². The standard InChI is InChI=1S/C8H16N2/c1-8(2)3-5-10-6-4-9-7-10/h7-8H,3-6H2,1-2H3/p+1. The molecule has 0 saturated carbocycles. The van der Waals surface area contributed by atoms with Gasteiger partial charge in [-0.3, -0.25) is 9.89 Å². The van der Waals surface area contributed by atoms with Gasteiger partial charge in [0.15, 0.2) is 0 Å². The third kappa shape index (κ3) is 2.38. The van der Waals surface area contributed by atoms with E-state index in [4.69, 9.17) is 0 Å². The van der Waals surface area contributed by atoms with Gasteiger partial charge in [0.05, 0.1) is 6.54 Å². The molecule has 0 amide bonds. The zero-order valence-corrected chi connectivity index (χ0v) is 6.93. The van der Waals surface area contributed by atoms with Gasteiger partial charge < -0.3 is 0 Å². The maximum Gasteiger partial charge on any atom is 0.232 e. The molecule has 1 aliphatic rings. The molecular formula is C8H17N2+. The van der Waals surface area contributed by atoms with Crippen LogP contribution in [0.3, 0.4) is 0 Å². The van der Waals surface area contributed by atoms with Gasteiger partial charge >= 0.3 is 0 Å². The summed E-state index contributed by atoms with van der Waals surface area (Å²) in [6.45, 7) is 8.06. The van der Waals surface area contributed by atoms with Crippen LogP contribution >= 0.6 is 0 Å². The minimum absolute atomic E-state index is 0.828. The SMILES string of the molecule is CC(C)CC[N+]1=CNCC1. The molecule has 0 bridgehead atoms. The van der Waals surface area contributed by atoms with Gasteiger partial charge in [0, 0.05) is 0 Å². The van der Waals surface area contributed by atoms with Crippen molar-refractivity contribution >= 4 is 6.34 Å². The minimum Gasteiger partial charge on any atom is -0.277 e. The lowest BCUT2D eigenvalue weighted by Crippen LogP contribution is -2.13. The molecule has 0 aromatic carbocycles. The van der Waals surface area contributed by atoms with Crippen molar-refractivity contribution in [1.82, 2.24) is 5.32 Å². The Labute approximate surface area is 62.9 Å². The first-order chi connectivity index (χ1) is 4.79. The molecule has 0 aliphatic carbocycles. The van der Waals surface area contributed by atoms with Crippen LogP contribution in [-0.4, -0.2) is 30.5 Å². The molecule has 10 heavy (non-hydrogen) atoms. The first-order valence-corrected chi connectivity index (χ1v) is 4.10. The molecule has 1 aliphatic heterocycles. The van der Waals surface area contributed by atoms with Crippen molar-refractivity contribution in [3.8, 4) is 0 Å². The normalized spacial score (nSPS) is 17.3. The van der Waals surface area contributed by atoms with Crippen LogP contribution in [0, 0.1) is 5.92 Å². The lowest BCUT2D eigenvalue weighted by molar-refractivity contribution is -0.515. The first-order valence-electron chi connectivity index (χ1n) is 4.10. The highest BCUT2D eigenvalue weighted by Gasteiger charge is 2.07. The highest BCUT2D eigenvalue weighted by atomic mass is 15.1. The molecule has 0 fully saturated rings. The first kappa shape index (κ1) is 7.58. The molecule has 0 aromatic rings. The molecule has 1 heterocycles. The van der Waals surface area contributed by atoms with Crippen molar-refractivity contribution in [3.05, 3.63) is 0 Å². The van der Waals surface area contributed by atoms with Crippen LogP contribution in [0.15, 0.2) is 0 Å². The topological polar surface area (TPSA) is 15.0 Å². The summed E-state index contributed by atoms with van der Waals surface area (Å²) in [4.78, 5) is 0. The summed E-state index contributed by atoms with van der Waals surface area (Å²) < 4.78 is 2.35. The third-order valence-electron chi connectivity index (χ3n) is 1.81. The van der Waals surface area contributed by atoms with Crippen molar-refractivity contribution in [1.29, 1.82) is 0 Å². The highest BCUT2D eigenvalue weighted by molar-refractivity contribution is 5.49. The van der Waals surface area contributed by atoms with Crippen LogP contribution in [0.5, 0.6) is 0 Å². The Morgan fingerprint density at radius 1 is 1.60 bits per heavy atom. The molecule has 58 valence electrons. The van der Waals surface area contributed by atoms with Gasteiger partial charge in [0.2, 0.25) is 6.34 Å². The van der Waals surface area contributed by atoms with E-state index in [1.807, 2.05) is 0 Å². The van der Waals surface area contributed by atoms with Crippen molar-refractivity contribution in [3.63, 3.8) is 0 Å². The predicted octanol–water partition coefficient (Wildman–Crippen LogP) is 0.676. The molecule has 2 heteroatoms. The quantitative estimate of drug-likeness (QED) is 0.571. The Balaban J connectivity index is 2.13. The Morgan fingerprint density at radius 3 is 2.90 bits per heavy atom. The lowest BCUT2D eigenvalue weighted by Gasteiger charge is -2.02. The van der Waals surface area contributed by atoms with Gasteiger partial charge in [-0.15, -0.1) is 0 Å². The molecule has 0 spiro atoms. The van der Waals surface area contributed by atoms with E-state index in [0.717, 1.165) is 12.5 Å². The Hall–Kier alpha value is -0.530. The maximum absolute atomic E-state index is 3.20. The summed E-state index contributed by atoms with van der Waals surface area (Å²) in [5.41, 5.74) is 0. The zero-order valence-electron chi connectivity index (χ0n) is 6.93. The second-order valence-electron chi connectivity index (χ2n) is 3.30. The second-order valence-corrected chi connectivity index (χ2v) is 3.30. The second kappa shape index (κ2) is 3.59. The number of nitrogens with zero attached hydrogens (tertiary/aromatic N) is 1. The smallest absolute Gasteiger partial charge is 0.232 e. The van der Waals surface area contributed by atoms with E-state index < -0.39 is 0 Å². The number of hydrogen-bond donors (Lipinski definition) is 1. The van der Waals surface area contributed by atoms with Crippen molar-refractivity contribution in [2.45, 2.75) is 20.3 Å². The fourth-order valence-electron chi connectivity index (χ4n) is 1.07. The summed E-state index contributed by atoms with van der Waals surface area (Å²) in [5, 5.41) is 3.20. The average Bonchev–Trinajstić information content (AvgIpc) is 2.34. The molecule has 1 rings (SSSR count). The highest BCUT2D eigenvalue weighted by Crippen LogP contribution is 1.98. The summed E-state index contributed by atoms with van der Waals surface area (Å²) in [5.74, 6) is 0.828. The van der Waals surface area contributed by atoms with E-state index in [1.165, 1.54) is 19.5 Å². The lowest BCUT2D eigenvalue weighted by atomic mass is 10.1. The van der Waals surface area contributed by atoms with Crippen molar-refractivity contribution < 1.29 is 4.58 Å². The Bertz CT molecular complexity index is 127. The summed E-state index contributed by atoms with van der Waals surface area (Å²) >= 11 is 0. The van der Waals surface area contributed by atoms with E-state index in [9.17, 15) is 0 Å². The molecule has 0 radical (unpaired) electrons. The van der Waals surface area contributed by atoms with Crippen LogP contribution in [0.4, 0.5) is 0 Å². The zero-order chi connectivity index (χ0) is 7.40. The van der Waals surface area contributed by atoms with E-state index in [-0.39, 0.29) is 0 Å². The molecule has 0 saturated heterocycles. The average molecular weight is 141 g/mol. The maximum atomic E-state index is 3.20. The van der Waals surface area contributed by atoms with Crippen LogP contribution in [0.25, 0.3) is 0 Å². The van der Waals surface area contributed by atoms with E-state index in [2.05, 4.69) is 30.1 Å². The van der Waals surface area contributed by atoms with Gasteiger partial charge in [0.25, 0.3) is 0 Å². The van der Waals surface area contributed by atoms with Crippen molar-refractivity contribution in [2.24, 2.45) is 5.92 Å². The monoisotopic (exact) mass is 141 g/mol. The van der Waals surface area contributed by atoms with Crippen LogP contribution in [-0.2, 0) is 0 Å². The van der Waals surface area contributed by atoms with Gasteiger partial charge in [-0.25, -0.2) is 0 Å². The number of rotatable bonds is 3. The number of nitrogens with one attached hydrogen (secondary N) is 1. The van der Waals surface area contributed by atoms with Gasteiger partial charge in [-0.1, -0.05) is 13.8 Å².